The second-order valence-electron chi connectivity index (χ2n) is 5.95. The Kier molecular flexibility index (Phi) is 5.21. The van der Waals surface area contributed by atoms with Crippen molar-refractivity contribution >= 4 is 5.91 Å². The summed E-state index contributed by atoms with van der Waals surface area (Å²) in [7, 11) is 0. The zero-order chi connectivity index (χ0) is 18.7. The van der Waals surface area contributed by atoms with E-state index < -0.39 is 18.7 Å². The van der Waals surface area contributed by atoms with E-state index in [0.29, 0.717) is 24.2 Å². The molecule has 0 radical (unpaired) electrons. The van der Waals surface area contributed by atoms with Crippen molar-refractivity contribution in [2.75, 3.05) is 26.3 Å². The van der Waals surface area contributed by atoms with E-state index in [4.69, 9.17) is 0 Å². The molecule has 1 amide bonds. The second kappa shape index (κ2) is 7.40. The van der Waals surface area contributed by atoms with Crippen molar-refractivity contribution in [1.82, 2.24) is 20.4 Å². The van der Waals surface area contributed by atoms with Crippen molar-refractivity contribution < 1.29 is 26.9 Å². The molecular weight excluding hydrogens is 356 g/mol. The minimum absolute atomic E-state index is 0.0553. The molecule has 6 nitrogen and oxygen atoms in total. The summed E-state index contributed by atoms with van der Waals surface area (Å²) in [5.74, 6) is -1.93. The highest BCUT2D eigenvalue weighted by Gasteiger charge is 2.38. The van der Waals surface area contributed by atoms with E-state index in [1.165, 1.54) is 24.3 Å². The minimum Gasteiger partial charge on any atom is -0.348 e. The smallest absolute Gasteiger partial charge is 0.348 e. The number of benzene rings is 1. The van der Waals surface area contributed by atoms with Crippen LogP contribution in [0.25, 0.3) is 11.4 Å². The Balaban J connectivity index is 1.62. The molecule has 0 aliphatic carbocycles. The zero-order valence-electron chi connectivity index (χ0n) is 13.6. The molecule has 1 aromatic carbocycles. The molecule has 0 spiro atoms. The van der Waals surface area contributed by atoms with E-state index >= 15 is 0 Å². The molecule has 1 unspecified atom stereocenters. The van der Waals surface area contributed by atoms with Crippen LogP contribution in [0.3, 0.4) is 0 Å². The zero-order valence-corrected chi connectivity index (χ0v) is 13.6. The molecule has 1 N–H and O–H groups in total. The number of likely N-dealkylation sites (tertiary alicyclic amines) is 1. The summed E-state index contributed by atoms with van der Waals surface area (Å²) in [6.45, 7) is 1.25. The highest BCUT2D eigenvalue weighted by atomic mass is 19.4. The largest absolute Gasteiger partial charge is 0.471 e. The molecule has 1 saturated heterocycles. The molecule has 1 aromatic heterocycles. The van der Waals surface area contributed by atoms with Gasteiger partial charge in [-0.15, -0.1) is 0 Å². The maximum atomic E-state index is 12.5. The van der Waals surface area contributed by atoms with Gasteiger partial charge in [-0.3, -0.25) is 9.69 Å². The van der Waals surface area contributed by atoms with Crippen LogP contribution in [-0.2, 0) is 6.18 Å². The maximum Gasteiger partial charge on any atom is 0.471 e. The van der Waals surface area contributed by atoms with Crippen LogP contribution >= 0.6 is 0 Å². The average Bonchev–Trinajstić information content (AvgIpc) is 3.25. The van der Waals surface area contributed by atoms with Crippen molar-refractivity contribution in [2.24, 2.45) is 0 Å². The van der Waals surface area contributed by atoms with E-state index in [2.05, 4.69) is 20.0 Å². The first-order valence-electron chi connectivity index (χ1n) is 7.97. The molecule has 26 heavy (non-hydrogen) atoms. The van der Waals surface area contributed by atoms with Gasteiger partial charge in [0.2, 0.25) is 5.82 Å². The van der Waals surface area contributed by atoms with Crippen LogP contribution < -0.4 is 5.32 Å². The second-order valence-corrected chi connectivity index (χ2v) is 5.95. The highest BCUT2D eigenvalue weighted by Crippen LogP contribution is 2.29. The van der Waals surface area contributed by atoms with Crippen LogP contribution in [0.2, 0.25) is 0 Å². The van der Waals surface area contributed by atoms with Crippen LogP contribution in [0.5, 0.6) is 0 Å². The van der Waals surface area contributed by atoms with E-state index in [1.807, 2.05) is 4.90 Å². The number of rotatable bonds is 5. The number of halogens is 4. The molecular formula is C16H16F4N4O2. The van der Waals surface area contributed by atoms with E-state index in [1.54, 1.807) is 0 Å². The predicted octanol–water partition coefficient (Wildman–Crippen LogP) is 2.53. The number of carbonyl (C=O) groups is 1. The Bertz CT molecular complexity index is 760. The molecule has 1 aliphatic rings. The lowest BCUT2D eigenvalue weighted by molar-refractivity contribution is -0.159. The van der Waals surface area contributed by atoms with Crippen LogP contribution in [-0.4, -0.2) is 53.3 Å². The van der Waals surface area contributed by atoms with Crippen molar-refractivity contribution in [2.45, 2.75) is 18.6 Å². The van der Waals surface area contributed by atoms with E-state index in [9.17, 15) is 22.4 Å². The number of aromatic nitrogens is 2. The van der Waals surface area contributed by atoms with Gasteiger partial charge in [0.15, 0.2) is 0 Å². The number of hydrogen-bond acceptors (Lipinski definition) is 5. The maximum absolute atomic E-state index is 12.5. The van der Waals surface area contributed by atoms with Crippen molar-refractivity contribution in [1.29, 1.82) is 0 Å². The van der Waals surface area contributed by atoms with Gasteiger partial charge in [0.1, 0.15) is 6.67 Å². The molecule has 0 saturated carbocycles. The van der Waals surface area contributed by atoms with Crippen LogP contribution in [0.1, 0.15) is 22.7 Å². The summed E-state index contributed by atoms with van der Waals surface area (Å²) in [6.07, 6.45) is -3.96. The van der Waals surface area contributed by atoms with Gasteiger partial charge in [-0.25, -0.2) is 4.39 Å². The van der Waals surface area contributed by atoms with E-state index in [0.717, 1.165) is 13.0 Å². The van der Waals surface area contributed by atoms with Crippen molar-refractivity contribution in [3.8, 4) is 11.4 Å². The number of carbonyl (C=O) groups excluding carboxylic acids is 1. The summed E-state index contributed by atoms with van der Waals surface area (Å²) in [5, 5.41) is 6.16. The fourth-order valence-corrected chi connectivity index (χ4v) is 2.77. The fourth-order valence-electron chi connectivity index (χ4n) is 2.77. The number of nitrogens with one attached hydrogen (secondary N) is 1. The first kappa shape index (κ1) is 18.3. The topological polar surface area (TPSA) is 71.3 Å². The predicted molar refractivity (Wildman–Crippen MR) is 83.0 cm³/mol. The molecule has 1 aliphatic heterocycles. The summed E-state index contributed by atoms with van der Waals surface area (Å²) in [6, 6.07) is 5.79. The SMILES string of the molecule is O=C(NC1CCN(CCF)C1)c1ccc(-c2noc(C(F)(F)F)n2)cc1. The lowest BCUT2D eigenvalue weighted by atomic mass is 10.1. The van der Waals surface area contributed by atoms with Gasteiger partial charge in [0.05, 0.1) is 0 Å². The Hall–Kier alpha value is -2.49. The molecule has 3 rings (SSSR count). The summed E-state index contributed by atoms with van der Waals surface area (Å²) in [5.41, 5.74) is 0.660. The molecule has 140 valence electrons. The van der Waals surface area contributed by atoms with Crippen molar-refractivity contribution in [3.63, 3.8) is 0 Å². The molecule has 10 heteroatoms. The van der Waals surface area contributed by atoms with Crippen molar-refractivity contribution in [3.05, 3.63) is 35.7 Å². The molecule has 0 bridgehead atoms. The number of amides is 1. The van der Waals surface area contributed by atoms with Crippen LogP contribution in [0.4, 0.5) is 17.6 Å². The fraction of sp³-hybridized carbons (Fsp3) is 0.438. The highest BCUT2D eigenvalue weighted by molar-refractivity contribution is 5.94. The number of alkyl halides is 4. The lowest BCUT2D eigenvalue weighted by Crippen LogP contribution is -2.37. The van der Waals surface area contributed by atoms with E-state index in [-0.39, 0.29) is 17.8 Å². The first-order chi connectivity index (χ1) is 12.4. The Labute approximate surface area is 146 Å². The quantitative estimate of drug-likeness (QED) is 0.817. The molecule has 1 atom stereocenters. The minimum atomic E-state index is -4.71. The molecule has 2 heterocycles. The van der Waals surface area contributed by atoms with Crippen LogP contribution in [0, 0.1) is 0 Å². The summed E-state index contributed by atoms with van der Waals surface area (Å²) >= 11 is 0. The normalized spacial score (nSPS) is 18.2. The average molecular weight is 372 g/mol. The third kappa shape index (κ3) is 4.18. The molecule has 1 fully saturated rings. The van der Waals surface area contributed by atoms with Gasteiger partial charge in [0, 0.05) is 36.8 Å². The number of hydrogen-bond donors (Lipinski definition) is 1. The Morgan fingerprint density at radius 2 is 2.04 bits per heavy atom. The first-order valence-corrected chi connectivity index (χ1v) is 7.97. The van der Waals surface area contributed by atoms with Gasteiger partial charge < -0.3 is 9.84 Å². The Morgan fingerprint density at radius 3 is 2.65 bits per heavy atom. The van der Waals surface area contributed by atoms with Crippen LogP contribution in [0.15, 0.2) is 28.8 Å². The van der Waals surface area contributed by atoms with Gasteiger partial charge in [0.25, 0.3) is 5.91 Å². The standard InChI is InChI=1S/C16H16F4N4O2/c17-6-8-24-7-5-12(9-24)21-14(25)11-3-1-10(2-4-11)13-22-15(26-23-13)16(18,19)20/h1-4,12H,5-9H2,(H,21,25). The monoisotopic (exact) mass is 372 g/mol. The van der Waals surface area contributed by atoms with Gasteiger partial charge >= 0.3 is 12.1 Å². The van der Waals surface area contributed by atoms with Gasteiger partial charge in [-0.2, -0.15) is 18.2 Å². The third-order valence-corrected chi connectivity index (χ3v) is 4.08. The van der Waals surface area contributed by atoms with Gasteiger partial charge in [-0.1, -0.05) is 17.3 Å². The molecule has 2 aromatic rings. The van der Waals surface area contributed by atoms with Gasteiger partial charge in [-0.05, 0) is 18.6 Å². The third-order valence-electron chi connectivity index (χ3n) is 4.08. The Morgan fingerprint density at radius 1 is 1.31 bits per heavy atom. The lowest BCUT2D eigenvalue weighted by Gasteiger charge is -2.15. The summed E-state index contributed by atoms with van der Waals surface area (Å²) < 4.78 is 54.0. The summed E-state index contributed by atoms with van der Waals surface area (Å²) in [4.78, 5) is 17.5. The number of nitrogens with zero attached hydrogens (tertiary/aromatic N) is 3.